The van der Waals surface area contributed by atoms with Crippen molar-refractivity contribution in [3.8, 4) is 6.07 Å². The molecular formula is C31H38F2N6O2S. The second-order valence-electron chi connectivity index (χ2n) is 12.2. The number of anilines is 1. The molecule has 1 aliphatic rings. The Balaban J connectivity index is 1.67. The molecule has 0 saturated carbocycles. The number of amides is 2. The Kier molecular flexibility index (Phi) is 9.79. The Bertz CT molecular complexity index is 1510. The fourth-order valence-corrected chi connectivity index (χ4v) is 5.80. The number of halogens is 2. The van der Waals surface area contributed by atoms with Gasteiger partial charge in [0.25, 0.3) is 18.2 Å². The van der Waals surface area contributed by atoms with Gasteiger partial charge in [0.1, 0.15) is 11.6 Å². The number of benzene rings is 1. The number of fused-ring (bicyclic) bond motifs is 1. The molecule has 1 aromatic carbocycles. The van der Waals surface area contributed by atoms with E-state index in [0.29, 0.717) is 25.2 Å². The molecule has 3 aromatic rings. The highest BCUT2D eigenvalue weighted by atomic mass is 32.1. The third kappa shape index (κ3) is 7.61. The minimum Gasteiger partial charge on any atom is -0.333 e. The summed E-state index contributed by atoms with van der Waals surface area (Å²) in [5.41, 5.74) is 2.74. The van der Waals surface area contributed by atoms with Crippen molar-refractivity contribution in [3.63, 3.8) is 0 Å². The molecule has 1 atom stereocenters. The first-order chi connectivity index (χ1) is 19.9. The van der Waals surface area contributed by atoms with Gasteiger partial charge in [0.15, 0.2) is 0 Å². The van der Waals surface area contributed by atoms with E-state index in [1.54, 1.807) is 11.0 Å². The van der Waals surface area contributed by atoms with E-state index in [-0.39, 0.29) is 44.6 Å². The van der Waals surface area contributed by atoms with Gasteiger partial charge in [0.05, 0.1) is 26.8 Å². The summed E-state index contributed by atoms with van der Waals surface area (Å²) < 4.78 is 28.2. The number of nitrogens with one attached hydrogen (secondary N) is 2. The van der Waals surface area contributed by atoms with E-state index < -0.39 is 12.3 Å². The van der Waals surface area contributed by atoms with Crippen molar-refractivity contribution in [2.75, 3.05) is 18.4 Å². The molecule has 2 aromatic heterocycles. The van der Waals surface area contributed by atoms with Crippen molar-refractivity contribution in [3.05, 3.63) is 57.3 Å². The summed E-state index contributed by atoms with van der Waals surface area (Å²) in [4.78, 5) is 32.8. The molecule has 0 spiro atoms. The topological polar surface area (TPSA) is 103 Å². The van der Waals surface area contributed by atoms with Crippen molar-refractivity contribution in [1.82, 2.24) is 19.8 Å². The number of nitrogens with zero attached hydrogens (tertiary/aromatic N) is 4. The summed E-state index contributed by atoms with van der Waals surface area (Å²) in [6, 6.07) is 10.4. The third-order valence-electron chi connectivity index (χ3n) is 6.97. The monoisotopic (exact) mass is 596 g/mol. The quantitative estimate of drug-likeness (QED) is 0.205. The van der Waals surface area contributed by atoms with Gasteiger partial charge in [0.2, 0.25) is 5.95 Å². The number of likely N-dealkylation sites (tertiary alicyclic amines) is 1. The van der Waals surface area contributed by atoms with Gasteiger partial charge in [-0.05, 0) is 54.0 Å². The largest absolute Gasteiger partial charge is 0.333 e. The van der Waals surface area contributed by atoms with Gasteiger partial charge in [-0.25, -0.2) is 13.8 Å². The summed E-state index contributed by atoms with van der Waals surface area (Å²) in [5, 5.41) is 16.0. The van der Waals surface area contributed by atoms with E-state index in [4.69, 9.17) is 0 Å². The third-order valence-corrected chi connectivity index (χ3v) is 8.06. The average molecular weight is 597 g/mol. The van der Waals surface area contributed by atoms with Crippen molar-refractivity contribution in [1.29, 1.82) is 5.26 Å². The van der Waals surface area contributed by atoms with E-state index in [1.165, 1.54) is 12.1 Å². The van der Waals surface area contributed by atoms with E-state index in [1.807, 2.05) is 36.6 Å². The lowest BCUT2D eigenvalue weighted by Crippen LogP contribution is -2.39. The molecule has 3 heterocycles. The molecule has 0 radical (unpaired) electrons. The lowest BCUT2D eigenvalue weighted by Gasteiger charge is -2.26. The van der Waals surface area contributed by atoms with Crippen molar-refractivity contribution in [2.45, 2.75) is 73.0 Å². The van der Waals surface area contributed by atoms with Gasteiger partial charge >= 0.3 is 0 Å². The summed E-state index contributed by atoms with van der Waals surface area (Å²) in [7, 11) is 0. The molecule has 224 valence electrons. The summed E-state index contributed by atoms with van der Waals surface area (Å²) in [5.74, 6) is -0.494. The highest BCUT2D eigenvalue weighted by molar-refractivity contribution is 7.14. The molecule has 1 aliphatic heterocycles. The SMILES string of the molecule is CC(C)C=C(C#N)C(=O)N1CCCC1Cn1c(NC(=O)c2ccc(C(F)F)s2)nc2ccc(CNCC(C)(C)C)cc21. The van der Waals surface area contributed by atoms with Crippen LogP contribution in [0.25, 0.3) is 11.0 Å². The van der Waals surface area contributed by atoms with Crippen LogP contribution < -0.4 is 10.6 Å². The lowest BCUT2D eigenvalue weighted by atomic mass is 9.97. The molecule has 0 aliphatic carbocycles. The van der Waals surface area contributed by atoms with Gasteiger partial charge in [-0.3, -0.25) is 14.9 Å². The maximum atomic E-state index is 13.3. The normalized spacial score (nSPS) is 16.0. The molecule has 11 heteroatoms. The zero-order valence-electron chi connectivity index (χ0n) is 24.7. The predicted octanol–water partition coefficient (Wildman–Crippen LogP) is 6.52. The van der Waals surface area contributed by atoms with Crippen LogP contribution in [-0.4, -0.2) is 45.4 Å². The fourth-order valence-electron chi connectivity index (χ4n) is 5.04. The van der Waals surface area contributed by atoms with Gasteiger partial charge in [-0.2, -0.15) is 5.26 Å². The Hall–Kier alpha value is -3.62. The number of imidazole rings is 1. The smallest absolute Gasteiger partial charge is 0.272 e. The number of nitriles is 1. The van der Waals surface area contributed by atoms with Crippen LogP contribution in [0, 0.1) is 22.7 Å². The molecule has 1 fully saturated rings. The standard InChI is InChI=1S/C31H38F2N6O2S/c1-19(2)13-21(15-34)29(41)38-12-6-7-22(38)17-39-24-14-20(16-35-18-31(3,4)5)8-9-23(24)36-30(39)37-28(40)26-11-10-25(42-26)27(32)33/h8-11,13-14,19,22,27,35H,6-7,12,16-18H2,1-5H3,(H,36,37,40). The molecule has 0 bridgehead atoms. The van der Waals surface area contributed by atoms with Gasteiger partial charge < -0.3 is 14.8 Å². The number of carbonyl (C=O) groups excluding carboxylic acids is 2. The van der Waals surface area contributed by atoms with Crippen molar-refractivity contribution < 1.29 is 18.4 Å². The van der Waals surface area contributed by atoms with Crippen LogP contribution in [0.4, 0.5) is 14.7 Å². The second kappa shape index (κ2) is 13.1. The minimum atomic E-state index is -2.65. The first-order valence-electron chi connectivity index (χ1n) is 14.2. The molecule has 1 saturated heterocycles. The van der Waals surface area contributed by atoms with Gasteiger partial charge in [-0.1, -0.05) is 46.8 Å². The number of alkyl halides is 2. The Morgan fingerprint density at radius 1 is 1.24 bits per heavy atom. The van der Waals surface area contributed by atoms with Gasteiger partial charge in [0, 0.05) is 26.2 Å². The predicted molar refractivity (Wildman–Crippen MR) is 161 cm³/mol. The van der Waals surface area contributed by atoms with Crippen molar-refractivity contribution in [2.24, 2.45) is 11.3 Å². The Morgan fingerprint density at radius 3 is 2.64 bits per heavy atom. The first-order valence-corrected chi connectivity index (χ1v) is 15.0. The summed E-state index contributed by atoms with van der Waals surface area (Å²) in [6.07, 6.45) is 0.551. The zero-order valence-corrected chi connectivity index (χ0v) is 25.5. The summed E-state index contributed by atoms with van der Waals surface area (Å²) >= 11 is 0.745. The average Bonchev–Trinajstić information content (AvgIpc) is 3.66. The van der Waals surface area contributed by atoms with Crippen LogP contribution in [0.15, 0.2) is 42.0 Å². The van der Waals surface area contributed by atoms with E-state index >= 15 is 0 Å². The number of aromatic nitrogens is 2. The van der Waals surface area contributed by atoms with E-state index in [2.05, 4.69) is 42.5 Å². The van der Waals surface area contributed by atoms with E-state index in [0.717, 1.165) is 41.8 Å². The molecule has 2 amide bonds. The van der Waals surface area contributed by atoms with Crippen LogP contribution in [0.5, 0.6) is 0 Å². The second-order valence-corrected chi connectivity index (χ2v) is 13.3. The van der Waals surface area contributed by atoms with Crippen molar-refractivity contribution >= 4 is 40.1 Å². The van der Waals surface area contributed by atoms with Gasteiger partial charge in [-0.15, -0.1) is 11.3 Å². The van der Waals surface area contributed by atoms with Crippen LogP contribution in [0.3, 0.4) is 0 Å². The van der Waals surface area contributed by atoms with Crippen LogP contribution in [0.2, 0.25) is 0 Å². The molecule has 1 unspecified atom stereocenters. The first kappa shape index (κ1) is 31.3. The molecule has 42 heavy (non-hydrogen) atoms. The maximum absolute atomic E-state index is 13.3. The maximum Gasteiger partial charge on any atom is 0.272 e. The Labute approximate surface area is 249 Å². The number of hydrogen-bond acceptors (Lipinski definition) is 6. The minimum absolute atomic E-state index is 0.0530. The van der Waals surface area contributed by atoms with E-state index in [9.17, 15) is 23.6 Å². The summed E-state index contributed by atoms with van der Waals surface area (Å²) in [6.45, 7) is 12.7. The van der Waals surface area contributed by atoms with Crippen LogP contribution >= 0.6 is 11.3 Å². The number of hydrogen-bond donors (Lipinski definition) is 2. The molecule has 2 N–H and O–H groups in total. The lowest BCUT2D eigenvalue weighted by molar-refractivity contribution is -0.127. The number of allylic oxidation sites excluding steroid dienone is 1. The number of rotatable bonds is 10. The number of carbonyl (C=O) groups is 2. The highest BCUT2D eigenvalue weighted by Gasteiger charge is 2.32. The zero-order chi connectivity index (χ0) is 30.6. The molecular weight excluding hydrogens is 558 g/mol. The Morgan fingerprint density at radius 2 is 2.00 bits per heavy atom. The molecule has 8 nitrogen and oxygen atoms in total. The fraction of sp³-hybridized carbons (Fsp3) is 0.484. The highest BCUT2D eigenvalue weighted by Crippen LogP contribution is 2.30. The van der Waals surface area contributed by atoms with Crippen LogP contribution in [0.1, 0.15) is 74.0 Å². The molecule has 4 rings (SSSR count). The number of thiophene rings is 1. The van der Waals surface area contributed by atoms with Crippen LogP contribution in [-0.2, 0) is 17.9 Å².